The molecule has 114 valence electrons. The van der Waals surface area contributed by atoms with Gasteiger partial charge in [-0.05, 0) is 25.0 Å². The van der Waals surface area contributed by atoms with E-state index in [0.29, 0.717) is 6.42 Å². The van der Waals surface area contributed by atoms with Gasteiger partial charge >= 0.3 is 5.97 Å². The maximum Gasteiger partial charge on any atom is 0.329 e. The molecule has 1 aromatic carbocycles. The zero-order valence-electron chi connectivity index (χ0n) is 11.3. The molecular formula is C13H18N4O4. The largest absolute Gasteiger partial charge is 0.480 e. The van der Waals surface area contributed by atoms with E-state index in [0.717, 1.165) is 0 Å². The van der Waals surface area contributed by atoms with Gasteiger partial charge in [0.1, 0.15) is 0 Å². The molecule has 0 bridgehead atoms. The molecule has 1 amide bonds. The lowest BCUT2D eigenvalue weighted by molar-refractivity contribution is -0.158. The topological polar surface area (TPSA) is 142 Å². The number of carboxylic acid groups (broad SMARTS) is 1. The van der Waals surface area contributed by atoms with E-state index < -0.39 is 17.9 Å². The van der Waals surface area contributed by atoms with Gasteiger partial charge in [0.15, 0.2) is 12.0 Å². The summed E-state index contributed by atoms with van der Waals surface area (Å²) >= 11 is 0. The Labute approximate surface area is 121 Å². The van der Waals surface area contributed by atoms with E-state index >= 15 is 0 Å². The van der Waals surface area contributed by atoms with E-state index in [4.69, 9.17) is 16.6 Å². The predicted octanol–water partition coefficient (Wildman–Crippen LogP) is 0.0248. The minimum absolute atomic E-state index is 0.0290. The molecule has 8 heteroatoms. The fourth-order valence-electron chi connectivity index (χ4n) is 1.70. The number of aliphatic carboxylic acids is 1. The average molecular weight is 294 g/mol. The first-order chi connectivity index (χ1) is 9.93. The summed E-state index contributed by atoms with van der Waals surface area (Å²) in [7, 11) is 0. The van der Waals surface area contributed by atoms with E-state index in [2.05, 4.69) is 4.99 Å². The van der Waals surface area contributed by atoms with Crippen LogP contribution in [0.2, 0.25) is 0 Å². The summed E-state index contributed by atoms with van der Waals surface area (Å²) in [6.45, 7) is 0.222. The van der Waals surface area contributed by atoms with Crippen molar-refractivity contribution in [2.45, 2.75) is 18.9 Å². The van der Waals surface area contributed by atoms with Crippen LogP contribution < -0.4 is 11.5 Å². The number of benzene rings is 1. The number of guanidine groups is 1. The van der Waals surface area contributed by atoms with Gasteiger partial charge in [-0.3, -0.25) is 15.0 Å². The van der Waals surface area contributed by atoms with E-state index in [-0.39, 0.29) is 29.6 Å². The SMILES string of the molecule is NC(N)=NCCC[C@@H](C(=O)O)N(O)C(=O)c1ccccc1. The highest BCUT2D eigenvalue weighted by Gasteiger charge is 2.28. The minimum atomic E-state index is -1.35. The van der Waals surface area contributed by atoms with Crippen LogP contribution in [0.3, 0.4) is 0 Å². The first-order valence-corrected chi connectivity index (χ1v) is 6.29. The zero-order chi connectivity index (χ0) is 15.8. The molecule has 1 rings (SSSR count). The molecule has 0 fully saturated rings. The highest BCUT2D eigenvalue weighted by atomic mass is 16.5. The molecule has 21 heavy (non-hydrogen) atoms. The molecule has 0 aromatic heterocycles. The third-order valence-corrected chi connectivity index (χ3v) is 2.74. The van der Waals surface area contributed by atoms with Crippen LogP contribution in [0.15, 0.2) is 35.3 Å². The van der Waals surface area contributed by atoms with Crippen molar-refractivity contribution in [3.63, 3.8) is 0 Å². The van der Waals surface area contributed by atoms with Crippen LogP contribution in [0, 0.1) is 0 Å². The average Bonchev–Trinajstić information content (AvgIpc) is 2.46. The standard InChI is InChI=1S/C13H18N4O4/c14-13(15)16-8-4-7-10(12(19)20)17(21)11(18)9-5-2-1-3-6-9/h1-3,5-6,10,21H,4,7-8H2,(H,19,20)(H4,14,15,16)/t10-/m0/s1. The van der Waals surface area contributed by atoms with Gasteiger partial charge in [0.05, 0.1) is 0 Å². The molecule has 0 radical (unpaired) electrons. The van der Waals surface area contributed by atoms with Gasteiger partial charge in [0.25, 0.3) is 5.91 Å². The Hall–Kier alpha value is -2.61. The molecule has 6 N–H and O–H groups in total. The van der Waals surface area contributed by atoms with Crippen LogP contribution in [0.25, 0.3) is 0 Å². The number of carboxylic acids is 1. The number of nitrogens with two attached hydrogens (primary N) is 2. The van der Waals surface area contributed by atoms with Gasteiger partial charge in [-0.15, -0.1) is 0 Å². The monoisotopic (exact) mass is 294 g/mol. The van der Waals surface area contributed by atoms with Gasteiger partial charge < -0.3 is 16.6 Å². The summed E-state index contributed by atoms with van der Waals surface area (Å²) < 4.78 is 0. The molecule has 0 aliphatic rings. The lowest BCUT2D eigenvalue weighted by Gasteiger charge is -2.22. The Balaban J connectivity index is 2.69. The number of aliphatic imine (C=N–C) groups is 1. The number of rotatable bonds is 7. The van der Waals surface area contributed by atoms with Crippen molar-refractivity contribution in [1.82, 2.24) is 5.06 Å². The maximum atomic E-state index is 12.0. The molecule has 0 heterocycles. The van der Waals surface area contributed by atoms with Gasteiger partial charge in [0.2, 0.25) is 0 Å². The normalized spacial score (nSPS) is 11.5. The van der Waals surface area contributed by atoms with Crippen LogP contribution >= 0.6 is 0 Å². The van der Waals surface area contributed by atoms with Crippen molar-refractivity contribution in [2.75, 3.05) is 6.54 Å². The Kier molecular flexibility index (Phi) is 6.15. The lowest BCUT2D eigenvalue weighted by Crippen LogP contribution is -2.43. The third kappa shape index (κ3) is 5.11. The number of hydrogen-bond acceptors (Lipinski definition) is 4. The van der Waals surface area contributed by atoms with E-state index in [1.165, 1.54) is 12.1 Å². The number of hydrogen-bond donors (Lipinski definition) is 4. The molecule has 0 saturated heterocycles. The van der Waals surface area contributed by atoms with Crippen LogP contribution in [-0.4, -0.2) is 45.8 Å². The first kappa shape index (κ1) is 16.4. The molecule has 1 aromatic rings. The third-order valence-electron chi connectivity index (χ3n) is 2.74. The zero-order valence-corrected chi connectivity index (χ0v) is 11.3. The number of carbonyl (C=O) groups is 2. The fraction of sp³-hybridized carbons (Fsp3) is 0.308. The smallest absolute Gasteiger partial charge is 0.329 e. The summed E-state index contributed by atoms with van der Waals surface area (Å²) in [6, 6.07) is 6.58. The molecule has 0 spiro atoms. The second-order valence-corrected chi connectivity index (χ2v) is 4.32. The van der Waals surface area contributed by atoms with Gasteiger partial charge in [-0.25, -0.2) is 9.86 Å². The summed E-state index contributed by atoms with van der Waals surface area (Å²) in [5.41, 5.74) is 10.5. The minimum Gasteiger partial charge on any atom is -0.480 e. The van der Waals surface area contributed by atoms with Crippen LogP contribution in [0.1, 0.15) is 23.2 Å². The van der Waals surface area contributed by atoms with Crippen molar-refractivity contribution in [3.8, 4) is 0 Å². The molecular weight excluding hydrogens is 276 g/mol. The van der Waals surface area contributed by atoms with Crippen LogP contribution in [-0.2, 0) is 4.79 Å². The van der Waals surface area contributed by atoms with Crippen molar-refractivity contribution < 1.29 is 19.9 Å². The maximum absolute atomic E-state index is 12.0. The number of amides is 1. The molecule has 1 atom stereocenters. The lowest BCUT2D eigenvalue weighted by atomic mass is 10.1. The van der Waals surface area contributed by atoms with Gasteiger partial charge in [-0.2, -0.15) is 0 Å². The van der Waals surface area contributed by atoms with E-state index in [1.807, 2.05) is 0 Å². The Morgan fingerprint density at radius 3 is 2.38 bits per heavy atom. The number of nitrogens with zero attached hydrogens (tertiary/aromatic N) is 2. The van der Waals surface area contributed by atoms with Gasteiger partial charge in [-0.1, -0.05) is 18.2 Å². The molecule has 0 saturated carbocycles. The van der Waals surface area contributed by atoms with Crippen molar-refractivity contribution in [1.29, 1.82) is 0 Å². The summed E-state index contributed by atoms with van der Waals surface area (Å²) in [6.07, 6.45) is 0.342. The Morgan fingerprint density at radius 1 is 1.24 bits per heavy atom. The highest BCUT2D eigenvalue weighted by Crippen LogP contribution is 2.11. The molecule has 0 aliphatic carbocycles. The first-order valence-electron chi connectivity index (χ1n) is 6.29. The molecule has 0 aliphatic heterocycles. The predicted molar refractivity (Wildman–Crippen MR) is 75.7 cm³/mol. The molecule has 0 unspecified atom stereocenters. The number of carbonyl (C=O) groups excluding carboxylic acids is 1. The van der Waals surface area contributed by atoms with Crippen LogP contribution in [0.5, 0.6) is 0 Å². The van der Waals surface area contributed by atoms with Crippen LogP contribution in [0.4, 0.5) is 0 Å². The Morgan fingerprint density at radius 2 is 1.86 bits per heavy atom. The van der Waals surface area contributed by atoms with Gasteiger partial charge in [0, 0.05) is 12.1 Å². The quantitative estimate of drug-likeness (QED) is 0.184. The summed E-state index contributed by atoms with van der Waals surface area (Å²) in [5.74, 6) is -2.17. The number of hydroxylamine groups is 2. The van der Waals surface area contributed by atoms with Crippen molar-refractivity contribution in [3.05, 3.63) is 35.9 Å². The summed E-state index contributed by atoms with van der Waals surface area (Å²) in [4.78, 5) is 26.9. The van der Waals surface area contributed by atoms with E-state index in [9.17, 15) is 14.8 Å². The fourth-order valence-corrected chi connectivity index (χ4v) is 1.70. The summed E-state index contributed by atoms with van der Waals surface area (Å²) in [5, 5.41) is 19.2. The Bertz CT molecular complexity index is 514. The van der Waals surface area contributed by atoms with E-state index in [1.54, 1.807) is 18.2 Å². The second-order valence-electron chi connectivity index (χ2n) is 4.32. The molecule has 8 nitrogen and oxygen atoms in total. The highest BCUT2D eigenvalue weighted by molar-refractivity contribution is 5.95. The van der Waals surface area contributed by atoms with Crippen molar-refractivity contribution >= 4 is 17.8 Å². The second kappa shape index (κ2) is 7.85. The van der Waals surface area contributed by atoms with Crippen molar-refractivity contribution in [2.24, 2.45) is 16.5 Å².